The number of thiophene rings is 1. The highest BCUT2D eigenvalue weighted by Gasteiger charge is 2.13. The van der Waals surface area contributed by atoms with Crippen LogP contribution >= 0.6 is 34.5 Å². The van der Waals surface area contributed by atoms with Crippen molar-refractivity contribution in [2.45, 2.75) is 6.42 Å². The number of carboxylic acids is 1. The molecule has 0 aliphatic rings. The van der Waals surface area contributed by atoms with Gasteiger partial charge in [0.2, 0.25) is 0 Å². The molecule has 0 fully saturated rings. The van der Waals surface area contributed by atoms with Gasteiger partial charge in [0, 0.05) is 22.0 Å². The van der Waals surface area contributed by atoms with Crippen LogP contribution in [0.2, 0.25) is 10.0 Å². The number of hydrogen-bond acceptors (Lipinski definition) is 4. The average Bonchev–Trinajstić information content (AvgIpc) is 3.12. The van der Waals surface area contributed by atoms with E-state index in [0.29, 0.717) is 27.8 Å². The van der Waals surface area contributed by atoms with Crippen molar-refractivity contribution in [2.24, 2.45) is 0 Å². The Morgan fingerprint density at radius 1 is 1.12 bits per heavy atom. The molecule has 0 saturated carbocycles. The molecule has 0 aliphatic heterocycles. The smallest absolute Gasteiger partial charge is 0.341 e. The Morgan fingerprint density at radius 3 is 2.46 bits per heavy atom. The zero-order chi connectivity index (χ0) is 18.7. The van der Waals surface area contributed by atoms with Crippen molar-refractivity contribution in [3.05, 3.63) is 68.3 Å². The molecule has 2 N–H and O–H groups in total. The first kappa shape index (κ1) is 18.6. The number of halogens is 2. The van der Waals surface area contributed by atoms with Gasteiger partial charge in [0.25, 0.3) is 0 Å². The molecule has 1 aromatic heterocycles. The van der Waals surface area contributed by atoms with Crippen LogP contribution < -0.4 is 4.74 Å². The van der Waals surface area contributed by atoms with E-state index in [-0.39, 0.29) is 5.75 Å². The number of rotatable bonds is 6. The second kappa shape index (κ2) is 7.99. The first-order valence-corrected chi connectivity index (χ1v) is 9.31. The molecular weight excluding hydrogens is 395 g/mol. The van der Waals surface area contributed by atoms with Crippen LogP contribution in [0.5, 0.6) is 11.5 Å². The average molecular weight is 409 g/mol. The lowest BCUT2D eigenvalue weighted by atomic mass is 9.99. The van der Waals surface area contributed by atoms with E-state index >= 15 is 0 Å². The summed E-state index contributed by atoms with van der Waals surface area (Å²) in [7, 11) is 0. The SMILES string of the molecule is O=C(O)COc1cc(Cl)c(Cc2ccc(O)c(-c3ccsc3)c2)c(Cl)c1. The third-order valence-corrected chi connectivity index (χ3v) is 5.11. The van der Waals surface area contributed by atoms with E-state index in [4.69, 9.17) is 33.0 Å². The second-order valence-corrected chi connectivity index (χ2v) is 7.18. The first-order chi connectivity index (χ1) is 12.4. The Morgan fingerprint density at radius 2 is 1.85 bits per heavy atom. The molecule has 0 bridgehead atoms. The monoisotopic (exact) mass is 408 g/mol. The van der Waals surface area contributed by atoms with Crippen molar-refractivity contribution >= 4 is 40.5 Å². The minimum absolute atomic E-state index is 0.210. The molecule has 134 valence electrons. The molecular formula is C19H14Cl2O4S. The number of benzene rings is 2. The van der Waals surface area contributed by atoms with Crippen molar-refractivity contribution < 1.29 is 19.7 Å². The summed E-state index contributed by atoms with van der Waals surface area (Å²) in [5.41, 5.74) is 3.34. The second-order valence-electron chi connectivity index (χ2n) is 5.59. The standard InChI is InChI=1S/C19H14Cl2O4S/c20-16-7-13(25-9-19(23)24)8-17(21)15(16)6-11-1-2-18(22)14(5-11)12-3-4-26-10-12/h1-5,7-8,10,22H,6,9H2,(H,23,24). The number of carbonyl (C=O) groups is 1. The van der Waals surface area contributed by atoms with Crippen LogP contribution in [-0.4, -0.2) is 22.8 Å². The van der Waals surface area contributed by atoms with Gasteiger partial charge in [-0.25, -0.2) is 4.79 Å². The van der Waals surface area contributed by atoms with Gasteiger partial charge in [0.15, 0.2) is 6.61 Å². The summed E-state index contributed by atoms with van der Waals surface area (Å²) in [5, 5.41) is 23.5. The fourth-order valence-electron chi connectivity index (χ4n) is 2.52. The number of ether oxygens (including phenoxy) is 1. The van der Waals surface area contributed by atoms with Crippen molar-refractivity contribution in [3.8, 4) is 22.6 Å². The van der Waals surface area contributed by atoms with Crippen LogP contribution in [-0.2, 0) is 11.2 Å². The maximum atomic E-state index is 10.6. The molecule has 2 aromatic carbocycles. The minimum Gasteiger partial charge on any atom is -0.507 e. The van der Waals surface area contributed by atoms with E-state index in [1.165, 1.54) is 0 Å². The van der Waals surface area contributed by atoms with Crippen molar-refractivity contribution in [1.29, 1.82) is 0 Å². The molecule has 0 aliphatic carbocycles. The molecule has 4 nitrogen and oxygen atoms in total. The predicted octanol–water partition coefficient (Wildman–Crippen LogP) is 5.48. The van der Waals surface area contributed by atoms with Crippen molar-refractivity contribution in [1.82, 2.24) is 0 Å². The van der Waals surface area contributed by atoms with Gasteiger partial charge in [-0.15, -0.1) is 0 Å². The van der Waals surface area contributed by atoms with Crippen LogP contribution in [0.1, 0.15) is 11.1 Å². The normalized spacial score (nSPS) is 10.7. The summed E-state index contributed by atoms with van der Waals surface area (Å²) < 4.78 is 5.12. The van der Waals surface area contributed by atoms with E-state index in [1.54, 1.807) is 29.5 Å². The van der Waals surface area contributed by atoms with Gasteiger partial charge in [-0.1, -0.05) is 29.3 Å². The summed E-state index contributed by atoms with van der Waals surface area (Å²) in [6.07, 6.45) is 0.467. The van der Waals surface area contributed by atoms with Crippen molar-refractivity contribution in [2.75, 3.05) is 6.61 Å². The van der Waals surface area contributed by atoms with E-state index in [9.17, 15) is 9.90 Å². The van der Waals surface area contributed by atoms with Gasteiger partial charge in [0.05, 0.1) is 0 Å². The minimum atomic E-state index is -1.08. The molecule has 0 amide bonds. The lowest BCUT2D eigenvalue weighted by Crippen LogP contribution is -2.09. The molecule has 7 heteroatoms. The summed E-state index contributed by atoms with van der Waals surface area (Å²) in [6, 6.07) is 10.4. The van der Waals surface area contributed by atoms with Gasteiger partial charge in [-0.05, 0) is 57.8 Å². The van der Waals surface area contributed by atoms with Gasteiger partial charge in [-0.3, -0.25) is 0 Å². The molecule has 3 rings (SSSR count). The number of carboxylic acid groups (broad SMARTS) is 1. The summed E-state index contributed by atoms with van der Waals surface area (Å²) in [4.78, 5) is 10.6. The largest absolute Gasteiger partial charge is 0.507 e. The van der Waals surface area contributed by atoms with Crippen LogP contribution in [0.4, 0.5) is 0 Å². The van der Waals surface area contributed by atoms with Crippen LogP contribution in [0, 0.1) is 0 Å². The van der Waals surface area contributed by atoms with E-state index in [2.05, 4.69) is 0 Å². The molecule has 0 unspecified atom stereocenters. The maximum absolute atomic E-state index is 10.6. The number of aromatic hydroxyl groups is 1. The van der Waals surface area contributed by atoms with E-state index in [0.717, 1.165) is 16.7 Å². The fourth-order valence-corrected chi connectivity index (χ4v) is 3.78. The lowest BCUT2D eigenvalue weighted by Gasteiger charge is -2.12. The highest BCUT2D eigenvalue weighted by atomic mass is 35.5. The molecule has 0 atom stereocenters. The predicted molar refractivity (Wildman–Crippen MR) is 104 cm³/mol. The molecule has 26 heavy (non-hydrogen) atoms. The Kier molecular flexibility index (Phi) is 5.71. The highest BCUT2D eigenvalue weighted by Crippen LogP contribution is 2.35. The quantitative estimate of drug-likeness (QED) is 0.566. The fraction of sp³-hybridized carbons (Fsp3) is 0.105. The van der Waals surface area contributed by atoms with Crippen LogP contribution in [0.3, 0.4) is 0 Å². The summed E-state index contributed by atoms with van der Waals surface area (Å²) >= 11 is 14.2. The first-order valence-electron chi connectivity index (χ1n) is 7.61. The topological polar surface area (TPSA) is 66.8 Å². The Labute approximate surface area is 164 Å². The van der Waals surface area contributed by atoms with E-state index in [1.807, 2.05) is 29.0 Å². The molecule has 1 heterocycles. The highest BCUT2D eigenvalue weighted by molar-refractivity contribution is 7.08. The number of phenolic OH excluding ortho intramolecular Hbond substituents is 1. The Balaban J connectivity index is 1.87. The van der Waals surface area contributed by atoms with E-state index < -0.39 is 12.6 Å². The molecule has 0 saturated heterocycles. The zero-order valence-electron chi connectivity index (χ0n) is 13.4. The van der Waals surface area contributed by atoms with Gasteiger partial charge < -0.3 is 14.9 Å². The zero-order valence-corrected chi connectivity index (χ0v) is 15.7. The third kappa shape index (κ3) is 4.30. The molecule has 0 radical (unpaired) electrons. The molecule has 3 aromatic rings. The number of hydrogen-bond donors (Lipinski definition) is 2. The van der Waals surface area contributed by atoms with Gasteiger partial charge in [0.1, 0.15) is 11.5 Å². The van der Waals surface area contributed by atoms with Gasteiger partial charge >= 0.3 is 5.97 Å². The van der Waals surface area contributed by atoms with Crippen LogP contribution in [0.15, 0.2) is 47.2 Å². The van der Waals surface area contributed by atoms with Crippen molar-refractivity contribution in [3.63, 3.8) is 0 Å². The Bertz CT molecular complexity index is 916. The van der Waals surface area contributed by atoms with Gasteiger partial charge in [-0.2, -0.15) is 11.3 Å². The Hall–Kier alpha value is -2.21. The lowest BCUT2D eigenvalue weighted by molar-refractivity contribution is -0.139. The number of aliphatic carboxylic acids is 1. The number of phenols is 1. The maximum Gasteiger partial charge on any atom is 0.341 e. The summed E-state index contributed by atoms with van der Waals surface area (Å²) in [5.74, 6) is -0.566. The summed E-state index contributed by atoms with van der Waals surface area (Å²) in [6.45, 7) is -0.464. The molecule has 0 spiro atoms. The van der Waals surface area contributed by atoms with Crippen LogP contribution in [0.25, 0.3) is 11.1 Å². The third-order valence-electron chi connectivity index (χ3n) is 3.75.